The Balaban J connectivity index is 1.91. The van der Waals surface area contributed by atoms with Crippen molar-refractivity contribution in [2.24, 2.45) is 0 Å². The molecular weight excluding hydrogens is 341 g/mol. The van der Waals surface area contributed by atoms with E-state index in [4.69, 9.17) is 4.74 Å². The summed E-state index contributed by atoms with van der Waals surface area (Å²) in [6.45, 7) is 0.207. The van der Waals surface area contributed by atoms with Crippen LogP contribution in [0.4, 0.5) is 4.39 Å². The van der Waals surface area contributed by atoms with Crippen LogP contribution < -0.4 is 5.32 Å². The summed E-state index contributed by atoms with van der Waals surface area (Å²) in [7, 11) is 1.46. The molecule has 2 N–H and O–H groups in total. The van der Waals surface area contributed by atoms with E-state index in [-0.39, 0.29) is 24.4 Å². The fourth-order valence-electron chi connectivity index (χ4n) is 3.16. The summed E-state index contributed by atoms with van der Waals surface area (Å²) in [6.07, 6.45) is 2.33. The number of methoxy groups -OCH3 is 1. The molecule has 1 aliphatic carbocycles. The topological polar surface area (TPSA) is 93.5 Å². The number of carboxylic acid groups (broad SMARTS) is 1. The number of amides is 1. The molecule has 1 aromatic carbocycles. The largest absolute Gasteiger partial charge is 0.480 e. The zero-order valence-electron chi connectivity index (χ0n) is 14.4. The Bertz CT molecular complexity index is 834. The van der Waals surface area contributed by atoms with E-state index in [9.17, 15) is 19.1 Å². The van der Waals surface area contributed by atoms with E-state index in [1.165, 1.54) is 17.9 Å². The average molecular weight is 361 g/mol. The van der Waals surface area contributed by atoms with Crippen LogP contribution in [0.5, 0.6) is 0 Å². The first kappa shape index (κ1) is 18.1. The predicted molar refractivity (Wildman–Crippen MR) is 90.9 cm³/mol. The smallest absolute Gasteiger partial charge is 0.326 e. The number of nitrogens with zero attached hydrogens (tertiary/aromatic N) is 2. The second kappa shape index (κ2) is 7.65. The molecular formula is C18H20FN3O4. The van der Waals surface area contributed by atoms with E-state index in [1.54, 1.807) is 18.2 Å². The van der Waals surface area contributed by atoms with Crippen molar-refractivity contribution >= 4 is 11.9 Å². The van der Waals surface area contributed by atoms with Crippen molar-refractivity contribution in [2.75, 3.05) is 13.7 Å². The van der Waals surface area contributed by atoms with Crippen LogP contribution >= 0.6 is 0 Å². The van der Waals surface area contributed by atoms with Gasteiger partial charge in [0, 0.05) is 31.4 Å². The van der Waals surface area contributed by atoms with Gasteiger partial charge in [0.1, 0.15) is 17.5 Å². The fraction of sp³-hybridized carbons (Fsp3) is 0.389. The van der Waals surface area contributed by atoms with Crippen LogP contribution in [0, 0.1) is 5.82 Å². The standard InChI is InChI=1S/C18H20FN3O4/c1-26-10-9-13(18(24)25)20-17(23)16-11-5-4-8-14(11)22(21-16)15-7-3-2-6-12(15)19/h2-3,6-7,13H,4-5,8-10H2,1H3,(H,20,23)(H,24,25). The molecule has 0 aliphatic heterocycles. The minimum atomic E-state index is -1.14. The minimum absolute atomic E-state index is 0.147. The number of benzene rings is 1. The Morgan fingerprint density at radius 2 is 2.15 bits per heavy atom. The molecule has 7 nitrogen and oxygen atoms in total. The van der Waals surface area contributed by atoms with Gasteiger partial charge in [-0.3, -0.25) is 4.79 Å². The summed E-state index contributed by atoms with van der Waals surface area (Å²) in [6, 6.07) is 5.15. The maximum atomic E-state index is 14.2. The number of halogens is 1. The van der Waals surface area contributed by atoms with Gasteiger partial charge in [0.15, 0.2) is 5.69 Å². The molecule has 1 aromatic heterocycles. The van der Waals surface area contributed by atoms with Crippen LogP contribution in [-0.4, -0.2) is 46.5 Å². The van der Waals surface area contributed by atoms with Gasteiger partial charge in [0.25, 0.3) is 5.91 Å². The molecule has 0 fully saturated rings. The number of nitrogens with one attached hydrogen (secondary N) is 1. The van der Waals surface area contributed by atoms with Crippen LogP contribution in [-0.2, 0) is 22.4 Å². The Morgan fingerprint density at radius 1 is 1.38 bits per heavy atom. The van der Waals surface area contributed by atoms with Crippen molar-refractivity contribution in [3.8, 4) is 5.69 Å². The Kier molecular flexibility index (Phi) is 5.32. The summed E-state index contributed by atoms with van der Waals surface area (Å²) in [5.74, 6) is -2.14. The highest BCUT2D eigenvalue weighted by molar-refractivity contribution is 5.96. The van der Waals surface area contributed by atoms with Crippen molar-refractivity contribution in [1.29, 1.82) is 0 Å². The van der Waals surface area contributed by atoms with Crippen LogP contribution in [0.2, 0.25) is 0 Å². The summed E-state index contributed by atoms with van der Waals surface area (Å²) in [5.41, 5.74) is 1.98. The second-order valence-electron chi connectivity index (χ2n) is 6.14. The first-order valence-electron chi connectivity index (χ1n) is 8.41. The Morgan fingerprint density at radius 3 is 2.85 bits per heavy atom. The molecule has 0 bridgehead atoms. The van der Waals surface area contributed by atoms with Gasteiger partial charge >= 0.3 is 5.97 Å². The number of carboxylic acids is 1. The number of para-hydroxylation sites is 1. The third-order valence-electron chi connectivity index (χ3n) is 4.44. The number of hydrogen-bond donors (Lipinski definition) is 2. The number of hydrogen-bond acceptors (Lipinski definition) is 4. The number of aromatic nitrogens is 2. The normalized spacial score (nSPS) is 14.1. The monoisotopic (exact) mass is 361 g/mol. The summed E-state index contributed by atoms with van der Waals surface area (Å²) in [4.78, 5) is 24.0. The molecule has 26 heavy (non-hydrogen) atoms. The lowest BCUT2D eigenvalue weighted by molar-refractivity contribution is -0.139. The van der Waals surface area contributed by atoms with E-state index in [2.05, 4.69) is 10.4 Å². The molecule has 3 rings (SSSR count). The van der Waals surface area contributed by atoms with E-state index < -0.39 is 23.7 Å². The number of carbonyl (C=O) groups is 2. The quantitative estimate of drug-likeness (QED) is 0.783. The highest BCUT2D eigenvalue weighted by Crippen LogP contribution is 2.28. The van der Waals surface area contributed by atoms with Gasteiger partial charge in [-0.05, 0) is 31.4 Å². The van der Waals surface area contributed by atoms with Crippen LogP contribution in [0.25, 0.3) is 5.69 Å². The minimum Gasteiger partial charge on any atom is -0.480 e. The predicted octanol–water partition coefficient (Wildman–Crippen LogP) is 1.72. The zero-order valence-corrected chi connectivity index (χ0v) is 14.4. The highest BCUT2D eigenvalue weighted by Gasteiger charge is 2.30. The Hall–Kier alpha value is -2.74. The lowest BCUT2D eigenvalue weighted by Crippen LogP contribution is -2.42. The number of fused-ring (bicyclic) bond motifs is 1. The molecule has 1 atom stereocenters. The fourth-order valence-corrected chi connectivity index (χ4v) is 3.16. The number of aliphatic carboxylic acids is 1. The third-order valence-corrected chi connectivity index (χ3v) is 4.44. The maximum Gasteiger partial charge on any atom is 0.326 e. The van der Waals surface area contributed by atoms with Gasteiger partial charge in [-0.25, -0.2) is 13.9 Å². The summed E-state index contributed by atoms with van der Waals surface area (Å²) < 4.78 is 20.5. The van der Waals surface area contributed by atoms with Gasteiger partial charge in [-0.1, -0.05) is 12.1 Å². The van der Waals surface area contributed by atoms with Gasteiger partial charge in [-0.15, -0.1) is 0 Å². The zero-order chi connectivity index (χ0) is 18.7. The van der Waals surface area contributed by atoms with E-state index in [0.717, 1.165) is 17.7 Å². The molecule has 0 saturated carbocycles. The molecule has 0 saturated heterocycles. The second-order valence-corrected chi connectivity index (χ2v) is 6.14. The maximum absolute atomic E-state index is 14.2. The van der Waals surface area contributed by atoms with Crippen molar-refractivity contribution in [2.45, 2.75) is 31.7 Å². The molecule has 0 spiro atoms. The molecule has 138 valence electrons. The molecule has 1 amide bonds. The number of rotatable bonds is 7. The number of ether oxygens (including phenoxy) is 1. The average Bonchev–Trinajstić information content (AvgIpc) is 3.21. The van der Waals surface area contributed by atoms with Gasteiger partial charge in [0.05, 0.1) is 0 Å². The van der Waals surface area contributed by atoms with Crippen LogP contribution in [0.1, 0.15) is 34.6 Å². The van der Waals surface area contributed by atoms with Crippen molar-refractivity contribution in [1.82, 2.24) is 15.1 Å². The molecule has 2 aromatic rings. The molecule has 1 heterocycles. The van der Waals surface area contributed by atoms with Crippen molar-refractivity contribution in [3.05, 3.63) is 47.0 Å². The van der Waals surface area contributed by atoms with Crippen LogP contribution in [0.15, 0.2) is 24.3 Å². The molecule has 1 unspecified atom stereocenters. The lowest BCUT2D eigenvalue weighted by Gasteiger charge is -2.13. The first-order valence-corrected chi connectivity index (χ1v) is 8.41. The van der Waals surface area contributed by atoms with Gasteiger partial charge < -0.3 is 15.2 Å². The van der Waals surface area contributed by atoms with E-state index in [0.29, 0.717) is 12.8 Å². The van der Waals surface area contributed by atoms with Crippen LogP contribution in [0.3, 0.4) is 0 Å². The molecule has 8 heteroatoms. The van der Waals surface area contributed by atoms with Crippen molar-refractivity contribution < 1.29 is 23.8 Å². The van der Waals surface area contributed by atoms with E-state index in [1.807, 2.05) is 0 Å². The Labute approximate surface area is 149 Å². The first-order chi connectivity index (χ1) is 12.5. The third kappa shape index (κ3) is 3.45. The SMILES string of the molecule is COCCC(NC(=O)c1nn(-c2ccccc2F)c2c1CCC2)C(=O)O. The van der Waals surface area contributed by atoms with E-state index >= 15 is 0 Å². The highest BCUT2D eigenvalue weighted by atomic mass is 19.1. The number of carbonyl (C=O) groups excluding carboxylic acids is 1. The van der Waals surface area contributed by atoms with Gasteiger partial charge in [0.2, 0.25) is 0 Å². The van der Waals surface area contributed by atoms with Gasteiger partial charge in [-0.2, -0.15) is 5.10 Å². The molecule has 0 radical (unpaired) electrons. The lowest BCUT2D eigenvalue weighted by atomic mass is 10.1. The molecule has 1 aliphatic rings. The summed E-state index contributed by atoms with van der Waals surface area (Å²) in [5, 5.41) is 16.0. The summed E-state index contributed by atoms with van der Waals surface area (Å²) >= 11 is 0. The van der Waals surface area contributed by atoms with Crippen molar-refractivity contribution in [3.63, 3.8) is 0 Å².